The molecule has 4 nitrogen and oxygen atoms in total. The van der Waals surface area contributed by atoms with Gasteiger partial charge < -0.3 is 5.11 Å². The molecule has 2 aromatic rings. The fourth-order valence-corrected chi connectivity index (χ4v) is 3.86. The molecule has 2 aromatic carbocycles. The Morgan fingerprint density at radius 2 is 1.56 bits per heavy atom. The SMILES string of the molecule is C[C@@H]1CN(Cc2ccc(C=CC(=O)O)cc2)C[C@H](C)N1Cc1ccccc1. The van der Waals surface area contributed by atoms with E-state index < -0.39 is 5.97 Å². The molecule has 0 amide bonds. The van der Waals surface area contributed by atoms with Crippen molar-refractivity contribution in [2.24, 2.45) is 0 Å². The van der Waals surface area contributed by atoms with Crippen molar-refractivity contribution >= 4 is 12.0 Å². The fraction of sp³-hybridized carbons (Fsp3) is 0.348. The van der Waals surface area contributed by atoms with E-state index in [-0.39, 0.29) is 0 Å². The van der Waals surface area contributed by atoms with E-state index in [0.717, 1.165) is 31.7 Å². The molecular formula is C23H28N2O2. The Kier molecular flexibility index (Phi) is 6.43. The van der Waals surface area contributed by atoms with Crippen molar-refractivity contribution in [1.29, 1.82) is 0 Å². The molecular weight excluding hydrogens is 336 g/mol. The lowest BCUT2D eigenvalue weighted by Crippen LogP contribution is -2.55. The number of hydrogen-bond acceptors (Lipinski definition) is 3. The summed E-state index contributed by atoms with van der Waals surface area (Å²) in [5.41, 5.74) is 3.55. The van der Waals surface area contributed by atoms with E-state index in [9.17, 15) is 4.79 Å². The Hall–Kier alpha value is -2.43. The molecule has 0 saturated carbocycles. The molecule has 1 N–H and O–H groups in total. The van der Waals surface area contributed by atoms with Gasteiger partial charge in [0.05, 0.1) is 0 Å². The third-order valence-corrected chi connectivity index (χ3v) is 5.19. The van der Waals surface area contributed by atoms with Gasteiger partial charge in [-0.3, -0.25) is 9.80 Å². The van der Waals surface area contributed by atoms with Gasteiger partial charge in [0, 0.05) is 44.3 Å². The summed E-state index contributed by atoms with van der Waals surface area (Å²) in [5.74, 6) is -0.921. The van der Waals surface area contributed by atoms with Gasteiger partial charge in [-0.15, -0.1) is 0 Å². The summed E-state index contributed by atoms with van der Waals surface area (Å²) in [4.78, 5) is 15.7. The number of hydrogen-bond donors (Lipinski definition) is 1. The quantitative estimate of drug-likeness (QED) is 0.790. The first kappa shape index (κ1) is 19.3. The second-order valence-electron chi connectivity index (χ2n) is 7.46. The van der Waals surface area contributed by atoms with E-state index in [2.05, 4.69) is 66.1 Å². The highest BCUT2D eigenvalue weighted by Gasteiger charge is 2.29. The van der Waals surface area contributed by atoms with Gasteiger partial charge in [-0.1, -0.05) is 54.6 Å². The topological polar surface area (TPSA) is 43.8 Å². The predicted molar refractivity (Wildman–Crippen MR) is 109 cm³/mol. The van der Waals surface area contributed by atoms with Crippen LogP contribution in [0.15, 0.2) is 60.7 Å². The number of benzene rings is 2. The van der Waals surface area contributed by atoms with Gasteiger partial charge in [0.15, 0.2) is 0 Å². The molecule has 27 heavy (non-hydrogen) atoms. The molecule has 1 aliphatic heterocycles. The molecule has 1 heterocycles. The van der Waals surface area contributed by atoms with Crippen molar-refractivity contribution in [1.82, 2.24) is 9.80 Å². The first-order valence-electron chi connectivity index (χ1n) is 9.53. The maximum atomic E-state index is 10.6. The second kappa shape index (κ2) is 8.98. The van der Waals surface area contributed by atoms with E-state index in [0.29, 0.717) is 12.1 Å². The van der Waals surface area contributed by atoms with Crippen LogP contribution in [0.4, 0.5) is 0 Å². The Morgan fingerprint density at radius 3 is 2.15 bits per heavy atom. The summed E-state index contributed by atoms with van der Waals surface area (Å²) in [6, 6.07) is 19.8. The average molecular weight is 364 g/mol. The molecule has 0 radical (unpaired) electrons. The summed E-state index contributed by atoms with van der Waals surface area (Å²) < 4.78 is 0. The maximum Gasteiger partial charge on any atom is 0.328 e. The number of carboxylic acid groups (broad SMARTS) is 1. The van der Waals surface area contributed by atoms with E-state index in [4.69, 9.17) is 5.11 Å². The van der Waals surface area contributed by atoms with Crippen molar-refractivity contribution in [2.75, 3.05) is 13.1 Å². The lowest BCUT2D eigenvalue weighted by molar-refractivity contribution is -0.131. The summed E-state index contributed by atoms with van der Waals surface area (Å²) in [6.07, 6.45) is 2.79. The number of carbonyl (C=O) groups is 1. The van der Waals surface area contributed by atoms with Crippen LogP contribution >= 0.6 is 0 Å². The standard InChI is InChI=1S/C23H28N2O2/c1-18-14-24(15-19(2)25(18)17-21-6-4-3-5-7-21)16-22-10-8-20(9-11-22)12-13-23(26)27/h3-13,18-19H,14-17H2,1-2H3,(H,26,27)/t18-,19+. The lowest BCUT2D eigenvalue weighted by Gasteiger charge is -2.44. The Balaban J connectivity index is 1.57. The van der Waals surface area contributed by atoms with Gasteiger partial charge in [-0.2, -0.15) is 0 Å². The predicted octanol–water partition coefficient (Wildman–Crippen LogP) is 3.88. The lowest BCUT2D eigenvalue weighted by atomic mass is 10.0. The number of carboxylic acids is 1. The van der Waals surface area contributed by atoms with Gasteiger partial charge in [0.1, 0.15) is 0 Å². The van der Waals surface area contributed by atoms with Crippen LogP contribution in [0.3, 0.4) is 0 Å². The first-order valence-corrected chi connectivity index (χ1v) is 9.53. The zero-order valence-corrected chi connectivity index (χ0v) is 16.1. The van der Waals surface area contributed by atoms with Crippen LogP contribution in [0.2, 0.25) is 0 Å². The van der Waals surface area contributed by atoms with Crippen LogP contribution in [0, 0.1) is 0 Å². The molecule has 1 saturated heterocycles. The minimum absolute atomic E-state index is 0.506. The third-order valence-electron chi connectivity index (χ3n) is 5.19. The van der Waals surface area contributed by atoms with Crippen molar-refractivity contribution in [2.45, 2.75) is 39.0 Å². The average Bonchev–Trinajstić information content (AvgIpc) is 2.65. The Bertz CT molecular complexity index is 759. The minimum atomic E-state index is -0.921. The normalized spacial score (nSPS) is 21.6. The fourth-order valence-electron chi connectivity index (χ4n) is 3.86. The van der Waals surface area contributed by atoms with Gasteiger partial charge >= 0.3 is 5.97 Å². The van der Waals surface area contributed by atoms with Crippen molar-refractivity contribution in [3.63, 3.8) is 0 Å². The van der Waals surface area contributed by atoms with Crippen LogP contribution in [0.5, 0.6) is 0 Å². The Labute approximate surface area is 161 Å². The maximum absolute atomic E-state index is 10.6. The number of rotatable bonds is 6. The molecule has 0 aliphatic carbocycles. The van der Waals surface area contributed by atoms with Crippen LogP contribution < -0.4 is 0 Å². The summed E-state index contributed by atoms with van der Waals surface area (Å²) >= 11 is 0. The van der Waals surface area contributed by atoms with Crippen LogP contribution in [0.25, 0.3) is 6.08 Å². The van der Waals surface area contributed by atoms with Crippen molar-refractivity contribution in [3.05, 3.63) is 77.4 Å². The molecule has 0 unspecified atom stereocenters. The summed E-state index contributed by atoms with van der Waals surface area (Å²) in [6.45, 7) is 8.66. The van der Waals surface area contributed by atoms with Crippen molar-refractivity contribution < 1.29 is 9.90 Å². The highest BCUT2D eigenvalue weighted by Crippen LogP contribution is 2.21. The van der Waals surface area contributed by atoms with Crippen molar-refractivity contribution in [3.8, 4) is 0 Å². The van der Waals surface area contributed by atoms with Gasteiger partial charge in [-0.25, -0.2) is 4.79 Å². The number of aliphatic carboxylic acids is 1. The second-order valence-corrected chi connectivity index (χ2v) is 7.46. The van der Waals surface area contributed by atoms with E-state index in [1.165, 1.54) is 17.2 Å². The molecule has 1 aliphatic rings. The van der Waals surface area contributed by atoms with Crippen LogP contribution in [-0.4, -0.2) is 46.0 Å². The zero-order chi connectivity index (χ0) is 19.2. The largest absolute Gasteiger partial charge is 0.478 e. The molecule has 4 heteroatoms. The molecule has 0 aromatic heterocycles. The molecule has 0 spiro atoms. The zero-order valence-electron chi connectivity index (χ0n) is 16.1. The minimum Gasteiger partial charge on any atom is -0.478 e. The van der Waals surface area contributed by atoms with Gasteiger partial charge in [-0.05, 0) is 36.6 Å². The highest BCUT2D eigenvalue weighted by atomic mass is 16.4. The van der Waals surface area contributed by atoms with E-state index >= 15 is 0 Å². The van der Waals surface area contributed by atoms with Crippen LogP contribution in [-0.2, 0) is 17.9 Å². The summed E-state index contributed by atoms with van der Waals surface area (Å²) in [7, 11) is 0. The first-order chi connectivity index (χ1) is 13.0. The summed E-state index contributed by atoms with van der Waals surface area (Å²) in [5, 5.41) is 8.71. The molecule has 1 fully saturated rings. The molecule has 2 atom stereocenters. The van der Waals surface area contributed by atoms with Gasteiger partial charge in [0.25, 0.3) is 0 Å². The third kappa shape index (κ3) is 5.52. The van der Waals surface area contributed by atoms with E-state index in [1.807, 2.05) is 12.1 Å². The van der Waals surface area contributed by atoms with E-state index in [1.54, 1.807) is 6.08 Å². The molecule has 3 rings (SSSR count). The van der Waals surface area contributed by atoms with Gasteiger partial charge in [0.2, 0.25) is 0 Å². The number of nitrogens with zero attached hydrogens (tertiary/aromatic N) is 2. The smallest absolute Gasteiger partial charge is 0.328 e. The number of piperazine rings is 1. The monoisotopic (exact) mass is 364 g/mol. The highest BCUT2D eigenvalue weighted by molar-refractivity contribution is 5.85. The van der Waals surface area contributed by atoms with Crippen LogP contribution in [0.1, 0.15) is 30.5 Å². The Morgan fingerprint density at radius 1 is 0.963 bits per heavy atom. The molecule has 142 valence electrons. The molecule has 0 bridgehead atoms.